The zero-order valence-electron chi connectivity index (χ0n) is 11.7. The minimum absolute atomic E-state index is 0.0648. The smallest absolute Gasteiger partial charge is 0.394 e. The summed E-state index contributed by atoms with van der Waals surface area (Å²) in [7, 11) is 0. The predicted octanol–water partition coefficient (Wildman–Crippen LogP) is 2.11. The van der Waals surface area contributed by atoms with E-state index in [2.05, 4.69) is 0 Å². The Kier molecular flexibility index (Phi) is 5.56. The topological polar surface area (TPSA) is 49.5 Å². The Labute approximate surface area is 117 Å². The van der Waals surface area contributed by atoms with E-state index < -0.39 is 24.9 Å². The summed E-state index contributed by atoms with van der Waals surface area (Å²) in [4.78, 5) is 1.23. The molecule has 0 spiro atoms. The van der Waals surface area contributed by atoms with E-state index >= 15 is 0 Å². The highest BCUT2D eigenvalue weighted by Gasteiger charge is 2.36. The first-order valence-corrected chi connectivity index (χ1v) is 6.44. The van der Waals surface area contributed by atoms with Crippen molar-refractivity contribution in [1.29, 1.82) is 0 Å². The monoisotopic (exact) mass is 290 g/mol. The molecule has 0 aliphatic carbocycles. The zero-order valence-corrected chi connectivity index (χ0v) is 11.7. The van der Waals surface area contributed by atoms with Gasteiger partial charge in [0.25, 0.3) is 0 Å². The lowest BCUT2D eigenvalue weighted by molar-refractivity contribution is -0.152. The Morgan fingerprint density at radius 1 is 1.15 bits per heavy atom. The number of rotatable bonds is 6. The van der Waals surface area contributed by atoms with Gasteiger partial charge in [0.1, 0.15) is 0 Å². The lowest BCUT2D eigenvalue weighted by Crippen LogP contribution is -2.54. The van der Waals surface area contributed by atoms with Gasteiger partial charge in [-0.1, -0.05) is 30.3 Å². The Morgan fingerprint density at radius 2 is 1.70 bits per heavy atom. The lowest BCUT2D eigenvalue weighted by atomic mass is 9.91. The van der Waals surface area contributed by atoms with Crippen LogP contribution in [-0.4, -0.2) is 41.9 Å². The fourth-order valence-corrected chi connectivity index (χ4v) is 2.02. The summed E-state index contributed by atoms with van der Waals surface area (Å²) >= 11 is 0. The van der Waals surface area contributed by atoms with Crippen LogP contribution in [0.2, 0.25) is 0 Å². The Hall–Kier alpha value is -1.11. The van der Waals surface area contributed by atoms with Crippen molar-refractivity contribution in [3.63, 3.8) is 0 Å². The second-order valence-electron chi connectivity index (χ2n) is 5.29. The second kappa shape index (κ2) is 6.56. The van der Waals surface area contributed by atoms with Gasteiger partial charge in [-0.2, -0.15) is 13.2 Å². The van der Waals surface area contributed by atoms with Gasteiger partial charge in [0, 0.05) is 12.6 Å². The summed E-state index contributed by atoms with van der Waals surface area (Å²) in [6, 6.07) is 8.38. The van der Waals surface area contributed by atoms with E-state index in [1.807, 2.05) is 0 Å². The van der Waals surface area contributed by atoms with Gasteiger partial charge in [-0.05, 0) is 19.4 Å². The van der Waals surface area contributed by atoms with Crippen LogP contribution >= 0.6 is 0 Å². The van der Waals surface area contributed by atoms with Gasteiger partial charge in [0.15, 0.2) is 0 Å². The highest BCUT2D eigenvalue weighted by molar-refractivity contribution is 5.24. The average Bonchev–Trinajstić information content (AvgIpc) is 2.37. The third kappa shape index (κ3) is 4.77. The Morgan fingerprint density at radius 3 is 2.10 bits per heavy atom. The van der Waals surface area contributed by atoms with E-state index in [1.54, 1.807) is 44.2 Å². The van der Waals surface area contributed by atoms with Crippen molar-refractivity contribution in [3.05, 3.63) is 35.9 Å². The number of hydrogen-bond donors (Lipinski definition) is 2. The Bertz CT molecular complexity index is 409. The molecule has 3 nitrogen and oxygen atoms in total. The van der Waals surface area contributed by atoms with Crippen molar-refractivity contribution in [2.75, 3.05) is 19.7 Å². The summed E-state index contributed by atoms with van der Waals surface area (Å²) in [6.07, 6.45) is -4.29. The molecule has 0 radical (unpaired) electrons. The van der Waals surface area contributed by atoms with Gasteiger partial charge in [0.05, 0.1) is 18.7 Å². The average molecular weight is 290 g/mol. The van der Waals surface area contributed by atoms with Crippen molar-refractivity contribution in [2.45, 2.75) is 31.6 Å². The maximum atomic E-state index is 12.6. The van der Waals surface area contributed by atoms with Crippen molar-refractivity contribution >= 4 is 0 Å². The highest BCUT2D eigenvalue weighted by atomic mass is 19.4. The molecule has 6 heteroatoms. The number of nitrogens with zero attached hydrogens (tertiary/aromatic N) is 1. The molecule has 1 aromatic carbocycles. The van der Waals surface area contributed by atoms with E-state index in [4.69, 9.17) is 5.73 Å². The molecule has 0 aliphatic rings. The van der Waals surface area contributed by atoms with E-state index in [1.165, 1.54) is 4.90 Å². The van der Waals surface area contributed by atoms with E-state index in [-0.39, 0.29) is 12.6 Å². The van der Waals surface area contributed by atoms with Gasteiger partial charge < -0.3 is 10.8 Å². The minimum atomic E-state index is -4.29. The molecule has 20 heavy (non-hydrogen) atoms. The van der Waals surface area contributed by atoms with Crippen molar-refractivity contribution in [2.24, 2.45) is 5.73 Å². The SMILES string of the molecule is CC(C)N(CC(F)(F)F)CC(N)(CO)c1ccccc1. The van der Waals surface area contributed by atoms with E-state index in [9.17, 15) is 18.3 Å². The molecule has 1 rings (SSSR count). The maximum absolute atomic E-state index is 12.6. The number of nitrogens with two attached hydrogens (primary N) is 1. The maximum Gasteiger partial charge on any atom is 0.401 e. The molecule has 0 bridgehead atoms. The Balaban J connectivity index is 2.94. The molecular formula is C14H21F3N2O. The molecular weight excluding hydrogens is 269 g/mol. The summed E-state index contributed by atoms with van der Waals surface area (Å²) in [5.41, 5.74) is 5.53. The normalized spacial score (nSPS) is 15.7. The first-order chi connectivity index (χ1) is 9.18. The third-order valence-corrected chi connectivity index (χ3v) is 3.23. The number of hydrogen-bond acceptors (Lipinski definition) is 3. The molecule has 114 valence electrons. The van der Waals surface area contributed by atoms with Gasteiger partial charge in [-0.3, -0.25) is 4.90 Å². The van der Waals surface area contributed by atoms with Gasteiger partial charge >= 0.3 is 6.18 Å². The molecule has 0 aromatic heterocycles. The first kappa shape index (κ1) is 16.9. The van der Waals surface area contributed by atoms with Crippen LogP contribution < -0.4 is 5.73 Å². The molecule has 0 saturated carbocycles. The fourth-order valence-electron chi connectivity index (χ4n) is 2.02. The molecule has 1 unspecified atom stereocenters. The molecule has 1 atom stereocenters. The molecule has 0 heterocycles. The highest BCUT2D eigenvalue weighted by Crippen LogP contribution is 2.24. The van der Waals surface area contributed by atoms with Crippen LogP contribution in [0, 0.1) is 0 Å². The third-order valence-electron chi connectivity index (χ3n) is 3.23. The number of aliphatic hydroxyl groups excluding tert-OH is 1. The number of aliphatic hydroxyl groups is 1. The van der Waals surface area contributed by atoms with E-state index in [0.717, 1.165) is 0 Å². The van der Waals surface area contributed by atoms with Crippen molar-refractivity contribution in [1.82, 2.24) is 4.90 Å². The molecule has 3 N–H and O–H groups in total. The van der Waals surface area contributed by atoms with E-state index in [0.29, 0.717) is 5.56 Å². The van der Waals surface area contributed by atoms with Crippen LogP contribution in [0.3, 0.4) is 0 Å². The van der Waals surface area contributed by atoms with Gasteiger partial charge in [-0.25, -0.2) is 0 Å². The van der Waals surface area contributed by atoms with Gasteiger partial charge in [0.2, 0.25) is 0 Å². The van der Waals surface area contributed by atoms with Gasteiger partial charge in [-0.15, -0.1) is 0 Å². The van der Waals surface area contributed by atoms with Crippen LogP contribution in [0.1, 0.15) is 19.4 Å². The summed E-state index contributed by atoms with van der Waals surface area (Å²) in [5, 5.41) is 9.53. The van der Waals surface area contributed by atoms with Crippen molar-refractivity contribution in [3.8, 4) is 0 Å². The molecule has 0 amide bonds. The van der Waals surface area contributed by atoms with Crippen LogP contribution in [0.5, 0.6) is 0 Å². The first-order valence-electron chi connectivity index (χ1n) is 6.44. The van der Waals surface area contributed by atoms with Crippen LogP contribution in [-0.2, 0) is 5.54 Å². The molecule has 0 saturated heterocycles. The minimum Gasteiger partial charge on any atom is -0.394 e. The van der Waals surface area contributed by atoms with Crippen LogP contribution in [0.25, 0.3) is 0 Å². The summed E-state index contributed by atoms with van der Waals surface area (Å²) in [5.74, 6) is 0. The molecule has 0 aliphatic heterocycles. The molecule has 0 fully saturated rings. The summed E-state index contributed by atoms with van der Waals surface area (Å²) < 4.78 is 37.8. The molecule has 1 aromatic rings. The standard InChI is InChI=1S/C14H21F3N2O/c1-11(2)19(9-14(15,16)17)8-13(18,10-20)12-6-4-3-5-7-12/h3-7,11,20H,8-10,18H2,1-2H3. The largest absolute Gasteiger partial charge is 0.401 e. The van der Waals surface area contributed by atoms with Crippen LogP contribution in [0.4, 0.5) is 13.2 Å². The van der Waals surface area contributed by atoms with Crippen LogP contribution in [0.15, 0.2) is 30.3 Å². The number of benzene rings is 1. The lowest BCUT2D eigenvalue weighted by Gasteiger charge is -2.37. The van der Waals surface area contributed by atoms with Crippen molar-refractivity contribution < 1.29 is 18.3 Å². The number of alkyl halides is 3. The fraction of sp³-hybridized carbons (Fsp3) is 0.571. The zero-order chi connectivity index (χ0) is 15.4. The summed E-state index contributed by atoms with van der Waals surface area (Å²) in [6.45, 7) is 1.82. The number of halogens is 3. The second-order valence-corrected chi connectivity index (χ2v) is 5.29. The predicted molar refractivity (Wildman–Crippen MR) is 72.2 cm³/mol. The quantitative estimate of drug-likeness (QED) is 0.843.